The number of hydrogen-bond donors (Lipinski definition) is 0. The van der Waals surface area contributed by atoms with Gasteiger partial charge in [-0.1, -0.05) is 59.2 Å². The fraction of sp³-hybridized carbons (Fsp3) is 0.500. The Morgan fingerprint density at radius 2 is 1.86 bits per heavy atom. The minimum atomic E-state index is -1.87. The molecule has 0 aromatic heterocycles. The second-order valence-corrected chi connectivity index (χ2v) is 7.27. The summed E-state index contributed by atoms with van der Waals surface area (Å²) in [6.07, 6.45) is 3.63. The summed E-state index contributed by atoms with van der Waals surface area (Å²) in [5.74, 6) is -0.435. The second-order valence-electron chi connectivity index (χ2n) is 5.14. The molecule has 7 heteroatoms. The molecule has 0 atom stereocenters. The lowest BCUT2D eigenvalue weighted by Gasteiger charge is -2.16. The predicted molar refractivity (Wildman–Crippen MR) is 87.1 cm³/mol. The Bertz CT molecular complexity index is 557. The van der Waals surface area contributed by atoms with Crippen molar-refractivity contribution in [2.24, 2.45) is 16.1 Å². The van der Waals surface area contributed by atoms with E-state index in [1.165, 1.54) is 0 Å². The van der Waals surface area contributed by atoms with Crippen LogP contribution in [-0.4, -0.2) is 10.2 Å². The molecule has 0 radical (unpaired) electrons. The fourth-order valence-corrected chi connectivity index (χ4v) is 3.43. The van der Waals surface area contributed by atoms with E-state index in [1.807, 2.05) is 0 Å². The number of carbonyl (C=O) groups excluding carboxylic acids is 1. The normalized spacial score (nSPS) is 16.8. The Morgan fingerprint density at radius 1 is 1.24 bits per heavy atom. The molecule has 0 N–H and O–H groups in total. The molecule has 1 fully saturated rings. The summed E-state index contributed by atoms with van der Waals surface area (Å²) < 4.78 is -1.87. The van der Waals surface area contributed by atoms with Crippen LogP contribution in [0.15, 0.2) is 22.4 Å². The highest BCUT2D eigenvalue weighted by Gasteiger charge is 2.40. The predicted octanol–water partition coefficient (Wildman–Crippen LogP) is 6.28. The monoisotopic (exact) mass is 366 g/mol. The quantitative estimate of drug-likeness (QED) is 0.351. The smallest absolute Gasteiger partial charge is 0.286 e. The number of azo groups is 1. The van der Waals surface area contributed by atoms with Crippen molar-refractivity contribution in [2.45, 2.75) is 37.1 Å². The van der Waals surface area contributed by atoms with Gasteiger partial charge in [0.15, 0.2) is 5.78 Å². The molecule has 0 aliphatic heterocycles. The Balaban J connectivity index is 2.21. The molecule has 3 nitrogen and oxygen atoms in total. The van der Waals surface area contributed by atoms with Gasteiger partial charge in [-0.15, -0.1) is 5.11 Å². The van der Waals surface area contributed by atoms with E-state index in [1.54, 1.807) is 19.1 Å². The lowest BCUT2D eigenvalue weighted by atomic mass is 10.0. The topological polar surface area (TPSA) is 41.8 Å². The Kier molecular flexibility index (Phi) is 5.53. The van der Waals surface area contributed by atoms with Crippen LogP contribution in [0.3, 0.4) is 0 Å². The maximum absolute atomic E-state index is 12.2. The van der Waals surface area contributed by atoms with Gasteiger partial charge in [-0.3, -0.25) is 4.79 Å². The van der Waals surface area contributed by atoms with Gasteiger partial charge in [0.25, 0.3) is 4.46 Å². The molecule has 0 spiro atoms. The zero-order chi connectivity index (χ0) is 15.6. The lowest BCUT2D eigenvalue weighted by Crippen LogP contribution is -2.29. The molecule has 2 rings (SSSR count). The van der Waals surface area contributed by atoms with E-state index in [2.05, 4.69) is 10.2 Å². The summed E-state index contributed by atoms with van der Waals surface area (Å²) in [7, 11) is 0. The van der Waals surface area contributed by atoms with Crippen molar-refractivity contribution in [3.05, 3.63) is 27.7 Å². The summed E-state index contributed by atoms with van der Waals surface area (Å²) in [5, 5.41) is 8.60. The summed E-state index contributed by atoms with van der Waals surface area (Å²) in [5.41, 5.74) is 1.14. The second kappa shape index (κ2) is 6.82. The molecule has 1 aromatic carbocycles. The fourth-order valence-electron chi connectivity index (χ4n) is 2.42. The van der Waals surface area contributed by atoms with Crippen LogP contribution in [0, 0.1) is 12.8 Å². The molecule has 114 valence electrons. The molecule has 0 amide bonds. The molecular weight excluding hydrogens is 354 g/mol. The SMILES string of the molecule is Cc1cc(Cl)cc(Cl)c1N=NC(Cl)(Cl)C(=O)C1CCCC1. The lowest BCUT2D eigenvalue weighted by molar-refractivity contribution is -0.123. The van der Waals surface area contributed by atoms with Crippen LogP contribution in [0.5, 0.6) is 0 Å². The first-order valence-electron chi connectivity index (χ1n) is 6.62. The van der Waals surface area contributed by atoms with E-state index in [4.69, 9.17) is 46.4 Å². The molecule has 0 heterocycles. The van der Waals surface area contributed by atoms with Crippen LogP contribution in [0.1, 0.15) is 31.2 Å². The number of hydrogen-bond acceptors (Lipinski definition) is 3. The number of aryl methyl sites for hydroxylation is 1. The first kappa shape index (κ1) is 17.0. The van der Waals surface area contributed by atoms with Crippen molar-refractivity contribution in [3.63, 3.8) is 0 Å². The van der Waals surface area contributed by atoms with E-state index in [9.17, 15) is 4.79 Å². The molecule has 0 saturated heterocycles. The van der Waals surface area contributed by atoms with Gasteiger partial charge in [0, 0.05) is 10.9 Å². The summed E-state index contributed by atoms with van der Waals surface area (Å²) in [4.78, 5) is 12.2. The highest BCUT2D eigenvalue weighted by Crippen LogP contribution is 2.38. The number of rotatable bonds is 4. The van der Waals surface area contributed by atoms with Crippen LogP contribution in [0.4, 0.5) is 5.69 Å². The number of Topliss-reactive ketones (excluding diaryl/α,β-unsaturated/α-hetero) is 1. The van der Waals surface area contributed by atoms with Gasteiger partial charge in [-0.2, -0.15) is 5.11 Å². The Labute approximate surface area is 143 Å². The summed E-state index contributed by atoms with van der Waals surface area (Å²) in [6.45, 7) is 1.79. The molecule has 1 aliphatic rings. The molecule has 1 aliphatic carbocycles. The van der Waals surface area contributed by atoms with Gasteiger partial charge in [0.2, 0.25) is 0 Å². The van der Waals surface area contributed by atoms with Crippen molar-refractivity contribution >= 4 is 57.9 Å². The highest BCUT2D eigenvalue weighted by molar-refractivity contribution is 6.58. The zero-order valence-corrected chi connectivity index (χ0v) is 14.4. The Morgan fingerprint density at radius 3 is 2.43 bits per heavy atom. The maximum atomic E-state index is 12.2. The minimum Gasteiger partial charge on any atom is -0.294 e. The van der Waals surface area contributed by atoms with E-state index < -0.39 is 4.46 Å². The molecule has 1 aromatic rings. The van der Waals surface area contributed by atoms with Crippen molar-refractivity contribution in [1.82, 2.24) is 0 Å². The van der Waals surface area contributed by atoms with Gasteiger partial charge in [-0.05, 0) is 37.5 Å². The first-order valence-corrected chi connectivity index (χ1v) is 8.13. The maximum Gasteiger partial charge on any atom is 0.286 e. The number of nitrogens with zero attached hydrogens (tertiary/aromatic N) is 2. The molecule has 0 bridgehead atoms. The molecule has 0 unspecified atom stereocenters. The highest BCUT2D eigenvalue weighted by atomic mass is 35.5. The van der Waals surface area contributed by atoms with Gasteiger partial charge in [0.1, 0.15) is 5.69 Å². The van der Waals surface area contributed by atoms with Gasteiger partial charge >= 0.3 is 0 Å². The standard InChI is InChI=1S/C14H14Cl4N2O/c1-8-6-10(15)7-11(16)12(8)19-20-14(17,18)13(21)9-4-2-3-5-9/h6-7,9H,2-5H2,1H3. The third kappa shape index (κ3) is 4.10. The number of carbonyl (C=O) groups is 1. The Hall–Kier alpha value is -0.350. The van der Waals surface area contributed by atoms with E-state index in [0.29, 0.717) is 15.7 Å². The third-order valence-corrected chi connectivity index (χ3v) is 4.55. The van der Waals surface area contributed by atoms with Crippen LogP contribution < -0.4 is 0 Å². The first-order chi connectivity index (χ1) is 9.81. The van der Waals surface area contributed by atoms with E-state index in [0.717, 1.165) is 31.2 Å². The van der Waals surface area contributed by atoms with E-state index >= 15 is 0 Å². The van der Waals surface area contributed by atoms with Crippen LogP contribution >= 0.6 is 46.4 Å². The average Bonchev–Trinajstić information content (AvgIpc) is 2.89. The number of halogens is 4. The van der Waals surface area contributed by atoms with Crippen LogP contribution in [0.25, 0.3) is 0 Å². The van der Waals surface area contributed by atoms with Crippen molar-refractivity contribution in [2.75, 3.05) is 0 Å². The van der Waals surface area contributed by atoms with Crippen molar-refractivity contribution in [3.8, 4) is 0 Å². The largest absolute Gasteiger partial charge is 0.294 e. The molecule has 1 saturated carbocycles. The van der Waals surface area contributed by atoms with Gasteiger partial charge in [-0.25, -0.2) is 0 Å². The number of ketones is 1. The van der Waals surface area contributed by atoms with E-state index in [-0.39, 0.29) is 11.7 Å². The molecule has 21 heavy (non-hydrogen) atoms. The summed E-state index contributed by atoms with van der Waals surface area (Å²) >= 11 is 24.0. The van der Waals surface area contributed by atoms with Crippen LogP contribution in [0.2, 0.25) is 10.0 Å². The van der Waals surface area contributed by atoms with Gasteiger partial charge in [0.05, 0.1) is 5.02 Å². The number of benzene rings is 1. The van der Waals surface area contributed by atoms with Gasteiger partial charge < -0.3 is 0 Å². The van der Waals surface area contributed by atoms with Crippen molar-refractivity contribution in [1.29, 1.82) is 0 Å². The van der Waals surface area contributed by atoms with Crippen LogP contribution in [-0.2, 0) is 4.79 Å². The average molecular weight is 368 g/mol. The van der Waals surface area contributed by atoms with Crippen molar-refractivity contribution < 1.29 is 4.79 Å². The third-order valence-electron chi connectivity index (χ3n) is 3.52. The molecular formula is C14H14Cl4N2O. The zero-order valence-electron chi connectivity index (χ0n) is 11.4. The number of alkyl halides is 2. The minimum absolute atomic E-state index is 0.138. The summed E-state index contributed by atoms with van der Waals surface area (Å²) in [6, 6.07) is 3.25.